The number of amides is 2. The maximum Gasteiger partial charge on any atom is 0.255 e. The Kier molecular flexibility index (Phi) is 6.07. The SMILES string of the molecule is CC(C)[C@@H]1CN(C(=O)c2cccnc2)[C@H](C(C)C)CN1C(=O)c1cccnc1. The van der Waals surface area contributed by atoms with Gasteiger partial charge >= 0.3 is 0 Å². The van der Waals surface area contributed by atoms with E-state index in [0.717, 1.165) is 0 Å². The van der Waals surface area contributed by atoms with Crippen LogP contribution < -0.4 is 0 Å². The normalized spacial score (nSPS) is 19.9. The van der Waals surface area contributed by atoms with Crippen molar-refractivity contribution in [2.45, 2.75) is 39.8 Å². The fraction of sp³-hybridized carbons (Fsp3) is 0.455. The molecule has 0 aliphatic carbocycles. The summed E-state index contributed by atoms with van der Waals surface area (Å²) in [7, 11) is 0. The zero-order valence-corrected chi connectivity index (χ0v) is 16.9. The molecule has 0 unspecified atom stereocenters. The van der Waals surface area contributed by atoms with Gasteiger partial charge in [-0.05, 0) is 36.1 Å². The molecular weight excluding hydrogens is 352 g/mol. The second-order valence-electron chi connectivity index (χ2n) is 8.02. The van der Waals surface area contributed by atoms with E-state index in [0.29, 0.717) is 24.2 Å². The van der Waals surface area contributed by atoms with Crippen LogP contribution in [0.2, 0.25) is 0 Å². The van der Waals surface area contributed by atoms with E-state index in [1.807, 2.05) is 9.80 Å². The number of piperazine rings is 1. The largest absolute Gasteiger partial charge is 0.331 e. The molecule has 3 rings (SSSR count). The van der Waals surface area contributed by atoms with E-state index < -0.39 is 0 Å². The van der Waals surface area contributed by atoms with Crippen molar-refractivity contribution in [2.75, 3.05) is 13.1 Å². The van der Waals surface area contributed by atoms with E-state index >= 15 is 0 Å². The van der Waals surface area contributed by atoms with Crippen LogP contribution in [0.15, 0.2) is 49.1 Å². The number of hydrogen-bond donors (Lipinski definition) is 0. The lowest BCUT2D eigenvalue weighted by molar-refractivity contribution is 0.00175. The third-order valence-electron chi connectivity index (χ3n) is 5.45. The van der Waals surface area contributed by atoms with Crippen LogP contribution in [0.1, 0.15) is 48.4 Å². The second-order valence-corrected chi connectivity index (χ2v) is 8.02. The van der Waals surface area contributed by atoms with Gasteiger partial charge < -0.3 is 9.80 Å². The van der Waals surface area contributed by atoms with Gasteiger partial charge in [0.05, 0.1) is 23.2 Å². The topological polar surface area (TPSA) is 66.4 Å². The number of carbonyl (C=O) groups is 2. The van der Waals surface area contributed by atoms with Crippen LogP contribution in [0.25, 0.3) is 0 Å². The number of rotatable bonds is 4. The summed E-state index contributed by atoms with van der Waals surface area (Å²) in [6.07, 6.45) is 6.55. The van der Waals surface area contributed by atoms with Crippen molar-refractivity contribution in [1.82, 2.24) is 19.8 Å². The summed E-state index contributed by atoms with van der Waals surface area (Å²) in [4.78, 5) is 38.4. The number of nitrogens with zero attached hydrogens (tertiary/aromatic N) is 4. The van der Waals surface area contributed by atoms with E-state index in [1.165, 1.54) is 0 Å². The minimum Gasteiger partial charge on any atom is -0.331 e. The number of aromatic nitrogens is 2. The first kappa shape index (κ1) is 20.0. The van der Waals surface area contributed by atoms with Crippen LogP contribution in [0.3, 0.4) is 0 Å². The Morgan fingerprint density at radius 3 is 1.50 bits per heavy atom. The summed E-state index contributed by atoms with van der Waals surface area (Å²) < 4.78 is 0. The van der Waals surface area contributed by atoms with Crippen LogP contribution in [-0.4, -0.2) is 56.8 Å². The van der Waals surface area contributed by atoms with E-state index in [4.69, 9.17) is 0 Å². The van der Waals surface area contributed by atoms with Gasteiger partial charge in [0.1, 0.15) is 0 Å². The molecule has 28 heavy (non-hydrogen) atoms. The maximum absolute atomic E-state index is 13.2. The van der Waals surface area contributed by atoms with Crippen LogP contribution in [0, 0.1) is 11.8 Å². The molecule has 0 bridgehead atoms. The molecule has 6 nitrogen and oxygen atoms in total. The van der Waals surface area contributed by atoms with Crippen molar-refractivity contribution >= 4 is 11.8 Å². The van der Waals surface area contributed by atoms with Crippen molar-refractivity contribution in [3.05, 3.63) is 60.2 Å². The van der Waals surface area contributed by atoms with Gasteiger partial charge in [-0.15, -0.1) is 0 Å². The Balaban J connectivity index is 1.92. The molecule has 0 N–H and O–H groups in total. The highest BCUT2D eigenvalue weighted by atomic mass is 16.2. The van der Waals surface area contributed by atoms with Crippen molar-refractivity contribution in [1.29, 1.82) is 0 Å². The fourth-order valence-corrected chi connectivity index (χ4v) is 3.79. The molecule has 2 amide bonds. The monoisotopic (exact) mass is 380 g/mol. The van der Waals surface area contributed by atoms with Crippen molar-refractivity contribution < 1.29 is 9.59 Å². The Morgan fingerprint density at radius 1 is 0.821 bits per heavy atom. The van der Waals surface area contributed by atoms with Crippen molar-refractivity contribution in [3.8, 4) is 0 Å². The van der Waals surface area contributed by atoms with E-state index in [2.05, 4.69) is 37.7 Å². The van der Waals surface area contributed by atoms with E-state index in [1.54, 1.807) is 49.1 Å². The number of carbonyl (C=O) groups excluding carboxylic acids is 2. The van der Waals surface area contributed by atoms with Crippen LogP contribution in [0.4, 0.5) is 0 Å². The summed E-state index contributed by atoms with van der Waals surface area (Å²) in [5.74, 6) is 0.396. The maximum atomic E-state index is 13.2. The third kappa shape index (κ3) is 4.06. The average Bonchev–Trinajstić information content (AvgIpc) is 2.72. The predicted molar refractivity (Wildman–Crippen MR) is 108 cm³/mol. The molecule has 6 heteroatoms. The highest BCUT2D eigenvalue weighted by molar-refractivity contribution is 5.96. The minimum atomic E-state index is -0.0525. The zero-order valence-electron chi connectivity index (χ0n) is 16.9. The lowest BCUT2D eigenvalue weighted by Crippen LogP contribution is -2.64. The van der Waals surface area contributed by atoms with Crippen LogP contribution in [-0.2, 0) is 0 Å². The molecule has 2 aromatic heterocycles. The van der Waals surface area contributed by atoms with Gasteiger partial charge in [-0.25, -0.2) is 0 Å². The summed E-state index contributed by atoms with van der Waals surface area (Å²) in [5.41, 5.74) is 1.17. The predicted octanol–water partition coefficient (Wildman–Crippen LogP) is 3.12. The molecule has 2 atom stereocenters. The quantitative estimate of drug-likeness (QED) is 0.817. The molecule has 0 saturated carbocycles. The first-order valence-electron chi connectivity index (χ1n) is 9.82. The van der Waals surface area contributed by atoms with Gasteiger partial charge in [0.25, 0.3) is 11.8 Å². The smallest absolute Gasteiger partial charge is 0.255 e. The second kappa shape index (κ2) is 8.50. The molecule has 2 aromatic rings. The molecule has 1 aliphatic heterocycles. The van der Waals surface area contributed by atoms with Gasteiger partial charge in [0.15, 0.2) is 0 Å². The molecule has 1 fully saturated rings. The van der Waals surface area contributed by atoms with E-state index in [-0.39, 0.29) is 35.7 Å². The molecule has 0 radical (unpaired) electrons. The average molecular weight is 380 g/mol. The lowest BCUT2D eigenvalue weighted by Gasteiger charge is -2.49. The Morgan fingerprint density at radius 2 is 1.21 bits per heavy atom. The molecule has 1 saturated heterocycles. The first-order valence-corrected chi connectivity index (χ1v) is 9.82. The van der Waals surface area contributed by atoms with Crippen LogP contribution in [0.5, 0.6) is 0 Å². The number of hydrogen-bond acceptors (Lipinski definition) is 4. The molecule has 1 aliphatic rings. The lowest BCUT2D eigenvalue weighted by atomic mass is 9.91. The summed E-state index contributed by atoms with van der Waals surface area (Å²) >= 11 is 0. The standard InChI is InChI=1S/C22H28N4O2/c1-15(2)19-13-26(22(28)18-8-6-10-24-12-18)20(16(3)4)14-25(19)21(27)17-7-5-9-23-11-17/h5-12,15-16,19-20H,13-14H2,1-4H3/t19-,20-/m0/s1. The fourth-order valence-electron chi connectivity index (χ4n) is 3.79. The number of pyridine rings is 2. The van der Waals surface area contributed by atoms with Gasteiger partial charge in [-0.3, -0.25) is 19.6 Å². The molecule has 3 heterocycles. The van der Waals surface area contributed by atoms with Gasteiger partial charge in [-0.1, -0.05) is 27.7 Å². The zero-order chi connectivity index (χ0) is 20.3. The Bertz CT molecular complexity index is 738. The minimum absolute atomic E-state index is 0.0223. The van der Waals surface area contributed by atoms with Crippen molar-refractivity contribution in [2.24, 2.45) is 11.8 Å². The first-order chi connectivity index (χ1) is 13.4. The molecule has 0 spiro atoms. The molecule has 148 valence electrons. The third-order valence-corrected chi connectivity index (χ3v) is 5.45. The van der Waals surface area contributed by atoms with Crippen LogP contribution >= 0.6 is 0 Å². The summed E-state index contributed by atoms with van der Waals surface area (Å²) in [6.45, 7) is 9.40. The highest BCUT2D eigenvalue weighted by Gasteiger charge is 2.41. The van der Waals surface area contributed by atoms with E-state index in [9.17, 15) is 9.59 Å². The highest BCUT2D eigenvalue weighted by Crippen LogP contribution is 2.27. The summed E-state index contributed by atoms with van der Waals surface area (Å²) in [6, 6.07) is 7.04. The molecular formula is C22H28N4O2. The van der Waals surface area contributed by atoms with Gasteiger partial charge in [0.2, 0.25) is 0 Å². The Hall–Kier alpha value is -2.76. The van der Waals surface area contributed by atoms with Gasteiger partial charge in [-0.2, -0.15) is 0 Å². The van der Waals surface area contributed by atoms with Crippen molar-refractivity contribution in [3.63, 3.8) is 0 Å². The van der Waals surface area contributed by atoms with Gasteiger partial charge in [0, 0.05) is 37.9 Å². The summed E-state index contributed by atoms with van der Waals surface area (Å²) in [5, 5.41) is 0. The Labute approximate surface area is 166 Å². The molecule has 0 aromatic carbocycles.